The summed E-state index contributed by atoms with van der Waals surface area (Å²) in [7, 11) is 0. The van der Waals surface area contributed by atoms with E-state index in [1.54, 1.807) is 0 Å². The van der Waals surface area contributed by atoms with Gasteiger partial charge >= 0.3 is 30.9 Å². The molecule has 41 heavy (non-hydrogen) atoms. The summed E-state index contributed by atoms with van der Waals surface area (Å²) in [5.41, 5.74) is -11.7. The van der Waals surface area contributed by atoms with Crippen molar-refractivity contribution in [3.05, 3.63) is 0 Å². The van der Waals surface area contributed by atoms with Crippen LogP contribution in [0.25, 0.3) is 0 Å². The number of alkyl halides is 15. The molecule has 0 aromatic heterocycles. The van der Waals surface area contributed by atoms with E-state index < -0.39 is 72.2 Å². The maximum absolute atomic E-state index is 12.8. The maximum atomic E-state index is 12.8. The lowest BCUT2D eigenvalue weighted by Crippen LogP contribution is -2.61. The second kappa shape index (κ2) is 14.1. The van der Waals surface area contributed by atoms with Crippen LogP contribution in [-0.2, 0) is 0 Å². The Morgan fingerprint density at radius 2 is 1.00 bits per heavy atom. The molecule has 0 saturated carbocycles. The van der Waals surface area contributed by atoms with Crippen LogP contribution in [0.2, 0.25) is 0 Å². The van der Waals surface area contributed by atoms with Crippen LogP contribution in [0.3, 0.4) is 0 Å². The van der Waals surface area contributed by atoms with E-state index in [9.17, 15) is 76.1 Å². The summed E-state index contributed by atoms with van der Waals surface area (Å²) in [6.07, 6.45) is -30.1. The number of halogens is 15. The normalized spacial score (nSPS) is 18.2. The topological polar surface area (TPSA) is 40.5 Å². The van der Waals surface area contributed by atoms with Crippen LogP contribution >= 0.6 is 0 Å². The first kappa shape index (κ1) is 42.0. The van der Waals surface area contributed by atoms with Gasteiger partial charge in [0.1, 0.15) is 0 Å². The molecule has 0 aliphatic rings. The third-order valence-corrected chi connectivity index (χ3v) is 7.13. The summed E-state index contributed by atoms with van der Waals surface area (Å²) in [4.78, 5) is 0. The van der Waals surface area contributed by atoms with Gasteiger partial charge in [-0.3, -0.25) is 0 Å². The van der Waals surface area contributed by atoms with Crippen LogP contribution in [-0.4, -0.2) is 52.3 Å². The van der Waals surface area contributed by atoms with Crippen molar-refractivity contribution < 1.29 is 76.1 Å². The van der Waals surface area contributed by atoms with Crippen molar-refractivity contribution in [1.29, 1.82) is 0 Å². The molecule has 0 bridgehead atoms. The molecule has 0 rings (SSSR count). The summed E-state index contributed by atoms with van der Waals surface area (Å²) in [5.74, 6) is -4.22. The number of hydrogen-bond donors (Lipinski definition) is 2. The summed E-state index contributed by atoms with van der Waals surface area (Å²) < 4.78 is 190. The summed E-state index contributed by atoms with van der Waals surface area (Å²) in [6, 6.07) is 0. The SMILES string of the molecule is CC(CC(O)(CC(C)(C)C(F)(F)F)C(F)(F)F)C(F)(F)F.CCC(C)CCCC(CC)C(O)(C(F)(F)F)C(F)(F)F. The Hall–Kier alpha value is -1.13. The maximum Gasteiger partial charge on any atom is 0.426 e. The highest BCUT2D eigenvalue weighted by Crippen LogP contribution is 2.51. The molecule has 2 nitrogen and oxygen atoms in total. The standard InChI is InChI=1S/C13H22F6O.C11H15F9O/c1-4-9(3)7-6-8-10(5-2)11(20,12(14,15)16)13(17,18)19;1-6(9(12,13)14)4-8(21,11(18,19)20)5-7(2,3)10(15,16)17/h9-10,20H,4-8H2,1-3H3;6,21H,4-5H2,1-3H3. The van der Waals surface area contributed by atoms with Crippen molar-refractivity contribution in [1.82, 2.24) is 0 Å². The molecule has 0 heterocycles. The molecule has 0 spiro atoms. The summed E-state index contributed by atoms with van der Waals surface area (Å²) in [5, 5.41) is 18.8. The first-order chi connectivity index (χ1) is 17.7. The van der Waals surface area contributed by atoms with E-state index in [2.05, 4.69) is 0 Å². The summed E-state index contributed by atoms with van der Waals surface area (Å²) in [6.45, 7) is 6.18. The molecule has 0 fully saturated rings. The molecule has 0 saturated heterocycles. The van der Waals surface area contributed by atoms with Gasteiger partial charge in [0.05, 0.1) is 11.3 Å². The Kier molecular flexibility index (Phi) is 14.4. The smallest absolute Gasteiger partial charge is 0.380 e. The van der Waals surface area contributed by atoms with Crippen molar-refractivity contribution in [3.8, 4) is 0 Å². The molecular formula is C24H37F15O2. The average molecular weight is 643 g/mol. The van der Waals surface area contributed by atoms with Crippen LogP contribution in [0.4, 0.5) is 65.9 Å². The van der Waals surface area contributed by atoms with Crippen LogP contribution in [0.15, 0.2) is 0 Å². The van der Waals surface area contributed by atoms with Gasteiger partial charge in [-0.15, -0.1) is 0 Å². The Morgan fingerprint density at radius 3 is 1.27 bits per heavy atom. The molecule has 0 radical (unpaired) electrons. The van der Waals surface area contributed by atoms with E-state index in [0.717, 1.165) is 6.42 Å². The number of rotatable bonds is 11. The highest BCUT2D eigenvalue weighted by Gasteiger charge is 2.73. The first-order valence-electron chi connectivity index (χ1n) is 12.5. The molecule has 17 heteroatoms. The van der Waals surface area contributed by atoms with Gasteiger partial charge in [0.25, 0.3) is 5.60 Å². The minimum absolute atomic E-state index is 0.238. The minimum Gasteiger partial charge on any atom is -0.380 e. The zero-order chi connectivity index (χ0) is 33.7. The number of aliphatic hydroxyl groups is 2. The van der Waals surface area contributed by atoms with Gasteiger partial charge in [0.15, 0.2) is 5.60 Å². The quantitative estimate of drug-likeness (QED) is 0.220. The fraction of sp³-hybridized carbons (Fsp3) is 1.00. The van der Waals surface area contributed by atoms with Gasteiger partial charge in [0, 0.05) is 5.92 Å². The van der Waals surface area contributed by atoms with Gasteiger partial charge in [-0.05, 0) is 31.6 Å². The van der Waals surface area contributed by atoms with Crippen molar-refractivity contribution in [2.45, 2.75) is 129 Å². The van der Waals surface area contributed by atoms with Crippen molar-refractivity contribution in [3.63, 3.8) is 0 Å². The predicted octanol–water partition coefficient (Wildman–Crippen LogP) is 9.93. The third-order valence-electron chi connectivity index (χ3n) is 7.13. The molecule has 250 valence electrons. The van der Waals surface area contributed by atoms with Gasteiger partial charge < -0.3 is 10.2 Å². The largest absolute Gasteiger partial charge is 0.426 e. The molecule has 0 aromatic rings. The zero-order valence-electron chi connectivity index (χ0n) is 23.2. The van der Waals surface area contributed by atoms with E-state index in [1.165, 1.54) is 6.92 Å². The molecule has 2 N–H and O–H groups in total. The average Bonchev–Trinajstić information content (AvgIpc) is 2.72. The molecule has 0 aliphatic carbocycles. The zero-order valence-corrected chi connectivity index (χ0v) is 23.2. The van der Waals surface area contributed by atoms with Crippen molar-refractivity contribution in [2.24, 2.45) is 23.2 Å². The van der Waals surface area contributed by atoms with Crippen molar-refractivity contribution >= 4 is 0 Å². The lowest BCUT2D eigenvalue weighted by molar-refractivity contribution is -0.385. The Bertz CT molecular complexity index is 749. The monoisotopic (exact) mass is 642 g/mol. The van der Waals surface area contributed by atoms with E-state index in [-0.39, 0.29) is 25.2 Å². The van der Waals surface area contributed by atoms with Gasteiger partial charge in [-0.25, -0.2) is 0 Å². The van der Waals surface area contributed by atoms with Crippen LogP contribution in [0, 0.1) is 23.2 Å². The molecule has 0 amide bonds. The summed E-state index contributed by atoms with van der Waals surface area (Å²) >= 11 is 0. The minimum atomic E-state index is -5.72. The van der Waals surface area contributed by atoms with Gasteiger partial charge in [0.2, 0.25) is 0 Å². The lowest BCUT2D eigenvalue weighted by Gasteiger charge is -2.39. The first-order valence-corrected chi connectivity index (χ1v) is 12.5. The molecule has 4 unspecified atom stereocenters. The second-order valence-electron chi connectivity index (χ2n) is 11.0. The van der Waals surface area contributed by atoms with Crippen LogP contribution in [0.5, 0.6) is 0 Å². The molecule has 0 aromatic carbocycles. The van der Waals surface area contributed by atoms with E-state index in [1.807, 2.05) is 13.8 Å². The van der Waals surface area contributed by atoms with E-state index >= 15 is 0 Å². The van der Waals surface area contributed by atoms with Gasteiger partial charge in [-0.2, -0.15) is 65.9 Å². The molecule has 0 aliphatic heterocycles. The fourth-order valence-electron chi connectivity index (χ4n) is 3.99. The highest BCUT2D eigenvalue weighted by atomic mass is 19.4. The Labute approximate surface area is 228 Å². The Morgan fingerprint density at radius 1 is 0.585 bits per heavy atom. The van der Waals surface area contributed by atoms with E-state index in [4.69, 9.17) is 0 Å². The lowest BCUT2D eigenvalue weighted by atomic mass is 9.75. The second-order valence-corrected chi connectivity index (χ2v) is 11.0. The fourth-order valence-corrected chi connectivity index (χ4v) is 3.99. The Balaban J connectivity index is 0. The number of hydrogen-bond acceptors (Lipinski definition) is 2. The third kappa shape index (κ3) is 11.5. The molecular weight excluding hydrogens is 605 g/mol. The molecule has 4 atom stereocenters. The van der Waals surface area contributed by atoms with Crippen molar-refractivity contribution in [2.75, 3.05) is 0 Å². The predicted molar refractivity (Wildman–Crippen MR) is 119 cm³/mol. The van der Waals surface area contributed by atoms with Crippen LogP contribution < -0.4 is 0 Å². The van der Waals surface area contributed by atoms with Gasteiger partial charge in [-0.1, -0.05) is 60.8 Å². The highest BCUT2D eigenvalue weighted by molar-refractivity contribution is 4.99. The van der Waals surface area contributed by atoms with E-state index in [0.29, 0.717) is 27.2 Å². The van der Waals surface area contributed by atoms with Crippen LogP contribution in [0.1, 0.15) is 86.5 Å².